The molecule has 0 radical (unpaired) electrons. The molecule has 156 valence electrons. The first-order chi connectivity index (χ1) is 12.8. The number of hydrogen-bond donors (Lipinski definition) is 0. The van der Waals surface area contributed by atoms with Crippen LogP contribution in [0.2, 0.25) is 0 Å². The summed E-state index contributed by atoms with van der Waals surface area (Å²) in [6.07, 6.45) is -0.411. The molecular formula is C21H31IN2O4. The molecule has 0 saturated carbocycles. The maximum atomic E-state index is 13.1. The number of ether oxygens (including phenoxy) is 2. The maximum absolute atomic E-state index is 13.1. The number of carbonyl (C=O) groups excluding carboxylic acids is 2. The summed E-state index contributed by atoms with van der Waals surface area (Å²) in [5.74, 6) is 0.692. The van der Waals surface area contributed by atoms with Gasteiger partial charge in [-0.2, -0.15) is 0 Å². The van der Waals surface area contributed by atoms with Crippen LogP contribution < -0.4 is 4.74 Å². The highest BCUT2D eigenvalue weighted by Gasteiger charge is 2.52. The fourth-order valence-electron chi connectivity index (χ4n) is 3.59. The van der Waals surface area contributed by atoms with Crippen LogP contribution in [0.25, 0.3) is 0 Å². The first-order valence-electron chi connectivity index (χ1n) is 9.36. The van der Waals surface area contributed by atoms with Crippen molar-refractivity contribution in [2.75, 3.05) is 14.2 Å². The molecule has 1 aromatic carbocycles. The van der Waals surface area contributed by atoms with Gasteiger partial charge in [0.25, 0.3) is 0 Å². The highest BCUT2D eigenvalue weighted by atomic mass is 127. The predicted octanol–water partition coefficient (Wildman–Crippen LogP) is 4.29. The van der Waals surface area contributed by atoms with E-state index in [0.29, 0.717) is 6.42 Å². The molecule has 1 aliphatic heterocycles. The molecule has 0 aliphatic carbocycles. The molecule has 2 atom stereocenters. The number of rotatable bonds is 3. The summed E-state index contributed by atoms with van der Waals surface area (Å²) in [5, 5.41) is 0. The fraction of sp³-hybridized carbons (Fsp3) is 0.619. The number of hydrogen-bond acceptors (Lipinski definition) is 4. The normalized spacial score (nSPS) is 20.5. The van der Waals surface area contributed by atoms with Gasteiger partial charge in [0, 0.05) is 22.5 Å². The zero-order chi connectivity index (χ0) is 21.4. The minimum absolute atomic E-state index is 0.0718. The Kier molecular flexibility index (Phi) is 6.57. The van der Waals surface area contributed by atoms with Gasteiger partial charge in [-0.25, -0.2) is 4.79 Å². The van der Waals surface area contributed by atoms with Gasteiger partial charge in [0.15, 0.2) is 0 Å². The van der Waals surface area contributed by atoms with Crippen LogP contribution >= 0.6 is 22.6 Å². The van der Waals surface area contributed by atoms with Crippen molar-refractivity contribution < 1.29 is 19.1 Å². The average molecular weight is 502 g/mol. The van der Waals surface area contributed by atoms with Gasteiger partial charge in [0.2, 0.25) is 5.91 Å². The smallest absolute Gasteiger partial charge is 0.412 e. The number of halogens is 1. The average Bonchev–Trinajstić information content (AvgIpc) is 2.79. The Morgan fingerprint density at radius 2 is 1.79 bits per heavy atom. The Hall–Kier alpha value is -1.51. The van der Waals surface area contributed by atoms with Crippen molar-refractivity contribution in [2.24, 2.45) is 5.41 Å². The largest absolute Gasteiger partial charge is 0.497 e. The van der Waals surface area contributed by atoms with E-state index in [4.69, 9.17) is 9.47 Å². The van der Waals surface area contributed by atoms with Crippen LogP contribution in [0.4, 0.5) is 4.79 Å². The Balaban J connectivity index is 2.43. The van der Waals surface area contributed by atoms with Crippen LogP contribution in [-0.2, 0) is 16.0 Å². The third kappa shape index (κ3) is 4.90. The monoisotopic (exact) mass is 502 g/mol. The lowest BCUT2D eigenvalue weighted by atomic mass is 9.91. The molecule has 0 N–H and O–H groups in total. The molecule has 28 heavy (non-hydrogen) atoms. The molecule has 6 nitrogen and oxygen atoms in total. The van der Waals surface area contributed by atoms with E-state index in [9.17, 15) is 9.59 Å². The Morgan fingerprint density at radius 3 is 2.25 bits per heavy atom. The topological polar surface area (TPSA) is 59.1 Å². The summed E-state index contributed by atoms with van der Waals surface area (Å²) in [5.41, 5.74) is 0.0441. The van der Waals surface area contributed by atoms with E-state index < -0.39 is 17.7 Å². The standard InChI is InChI=1S/C21H31IN2O4/c1-20(2,3)18-23(7)17(25)16(24(18)19(26)28-21(4,5)6)11-13-9-10-14(27-8)12-15(13)22/h9-10,12,16,18H,11H2,1-8H3/t16-,18-/m0/s1. The second-order valence-electron chi connectivity index (χ2n) is 9.25. The molecule has 2 rings (SSSR count). The lowest BCUT2D eigenvalue weighted by Crippen LogP contribution is -2.52. The van der Waals surface area contributed by atoms with Crippen molar-refractivity contribution in [2.45, 2.75) is 65.8 Å². The highest BCUT2D eigenvalue weighted by molar-refractivity contribution is 14.1. The van der Waals surface area contributed by atoms with Gasteiger partial charge in [-0.1, -0.05) is 26.8 Å². The second kappa shape index (κ2) is 8.08. The molecule has 1 fully saturated rings. The zero-order valence-electron chi connectivity index (χ0n) is 18.0. The Bertz CT molecular complexity index is 752. The van der Waals surface area contributed by atoms with Gasteiger partial charge in [-0.15, -0.1) is 0 Å². The number of carbonyl (C=O) groups is 2. The minimum atomic E-state index is -0.636. The summed E-state index contributed by atoms with van der Waals surface area (Å²) in [6.45, 7) is 11.6. The molecule has 0 unspecified atom stereocenters. The molecule has 0 aromatic heterocycles. The van der Waals surface area contributed by atoms with Crippen molar-refractivity contribution in [3.8, 4) is 5.75 Å². The van der Waals surface area contributed by atoms with Gasteiger partial charge < -0.3 is 14.4 Å². The third-order valence-electron chi connectivity index (χ3n) is 4.65. The van der Waals surface area contributed by atoms with E-state index in [0.717, 1.165) is 14.9 Å². The molecule has 0 spiro atoms. The van der Waals surface area contributed by atoms with Gasteiger partial charge in [0.05, 0.1) is 7.11 Å². The molecule has 1 aromatic rings. The van der Waals surface area contributed by atoms with Crippen LogP contribution in [0.15, 0.2) is 18.2 Å². The Labute approximate surface area is 181 Å². The summed E-state index contributed by atoms with van der Waals surface area (Å²) < 4.78 is 11.9. The number of likely N-dealkylation sites (N-methyl/N-ethyl adjacent to an activating group) is 1. The van der Waals surface area contributed by atoms with E-state index in [2.05, 4.69) is 22.6 Å². The fourth-order valence-corrected chi connectivity index (χ4v) is 4.29. The van der Waals surface area contributed by atoms with E-state index in [-0.39, 0.29) is 17.5 Å². The molecule has 1 saturated heterocycles. The number of benzene rings is 1. The van der Waals surface area contributed by atoms with Crippen LogP contribution in [-0.4, -0.2) is 53.8 Å². The van der Waals surface area contributed by atoms with Gasteiger partial charge >= 0.3 is 6.09 Å². The third-order valence-corrected chi connectivity index (χ3v) is 5.66. The van der Waals surface area contributed by atoms with Crippen LogP contribution in [0.5, 0.6) is 5.75 Å². The SMILES string of the molecule is COc1ccc(C[C@H]2C(=O)N(C)[C@H](C(C)(C)C)N2C(=O)OC(C)(C)C)c(I)c1. The summed E-state index contributed by atoms with van der Waals surface area (Å²) in [6, 6.07) is 5.15. The lowest BCUT2D eigenvalue weighted by molar-refractivity contribution is -0.129. The van der Waals surface area contributed by atoms with E-state index >= 15 is 0 Å². The van der Waals surface area contributed by atoms with Crippen molar-refractivity contribution in [1.82, 2.24) is 9.80 Å². The summed E-state index contributed by atoms with van der Waals surface area (Å²) in [7, 11) is 3.38. The van der Waals surface area contributed by atoms with Gasteiger partial charge in [-0.05, 0) is 61.1 Å². The molecular weight excluding hydrogens is 471 g/mol. The van der Waals surface area contributed by atoms with Crippen molar-refractivity contribution >= 4 is 34.6 Å². The molecule has 2 amide bonds. The molecule has 7 heteroatoms. The number of nitrogens with zero attached hydrogens (tertiary/aromatic N) is 2. The van der Waals surface area contributed by atoms with E-state index in [1.54, 1.807) is 24.0 Å². The van der Waals surface area contributed by atoms with Crippen molar-refractivity contribution in [1.29, 1.82) is 0 Å². The van der Waals surface area contributed by atoms with E-state index in [1.807, 2.05) is 59.7 Å². The molecule has 0 bridgehead atoms. The molecule has 1 aliphatic rings. The van der Waals surface area contributed by atoms with Crippen molar-refractivity contribution in [3.63, 3.8) is 0 Å². The van der Waals surface area contributed by atoms with Crippen LogP contribution in [0.3, 0.4) is 0 Å². The first kappa shape index (κ1) is 22.8. The van der Waals surface area contributed by atoms with Crippen molar-refractivity contribution in [3.05, 3.63) is 27.3 Å². The highest BCUT2D eigenvalue weighted by Crippen LogP contribution is 2.36. The van der Waals surface area contributed by atoms with E-state index in [1.165, 1.54) is 0 Å². The quantitative estimate of drug-likeness (QED) is 0.579. The summed E-state index contributed by atoms with van der Waals surface area (Å²) >= 11 is 2.24. The molecule has 1 heterocycles. The van der Waals surface area contributed by atoms with Gasteiger partial charge in [-0.3, -0.25) is 9.69 Å². The second-order valence-corrected chi connectivity index (χ2v) is 10.4. The van der Waals surface area contributed by atoms with Crippen LogP contribution in [0, 0.1) is 8.99 Å². The van der Waals surface area contributed by atoms with Crippen LogP contribution in [0.1, 0.15) is 47.1 Å². The number of amides is 2. The summed E-state index contributed by atoms with van der Waals surface area (Å²) in [4.78, 5) is 29.5. The van der Waals surface area contributed by atoms with Gasteiger partial charge in [0.1, 0.15) is 23.6 Å². The number of methoxy groups -OCH3 is 1. The Morgan fingerprint density at radius 1 is 1.18 bits per heavy atom. The first-order valence-corrected chi connectivity index (χ1v) is 10.4. The predicted molar refractivity (Wildman–Crippen MR) is 117 cm³/mol. The lowest BCUT2D eigenvalue weighted by Gasteiger charge is -2.39. The minimum Gasteiger partial charge on any atom is -0.497 e. The zero-order valence-corrected chi connectivity index (χ0v) is 20.2. The maximum Gasteiger partial charge on any atom is 0.412 e.